The zero-order chi connectivity index (χ0) is 22.4. The zero-order valence-corrected chi connectivity index (χ0v) is 21.7. The average Bonchev–Trinajstić information content (AvgIpc) is 3.07. The highest BCUT2D eigenvalue weighted by Gasteiger charge is 2.68. The largest absolute Gasteiger partial charge is 0.395 e. The van der Waals surface area contributed by atoms with Crippen LogP contribution in [0.15, 0.2) is 11.6 Å². The van der Waals surface area contributed by atoms with Crippen molar-refractivity contribution in [3.63, 3.8) is 0 Å². The third-order valence-corrected chi connectivity index (χ3v) is 13.0. The third-order valence-electron chi connectivity index (χ3n) is 13.0. The molecule has 0 bridgehead atoms. The molecule has 0 heterocycles. The molecule has 4 saturated carbocycles. The van der Waals surface area contributed by atoms with Crippen molar-refractivity contribution in [1.29, 1.82) is 0 Å². The molecular weight excluding hydrogens is 376 g/mol. The van der Waals surface area contributed by atoms with Gasteiger partial charge < -0.3 is 5.11 Å². The van der Waals surface area contributed by atoms with Gasteiger partial charge in [-0.15, -0.1) is 0 Å². The summed E-state index contributed by atoms with van der Waals surface area (Å²) >= 11 is 0. The fourth-order valence-corrected chi connectivity index (χ4v) is 11.3. The molecule has 0 aliphatic heterocycles. The molecule has 0 spiro atoms. The van der Waals surface area contributed by atoms with Crippen molar-refractivity contribution < 1.29 is 5.11 Å². The summed E-state index contributed by atoms with van der Waals surface area (Å²) in [5, 5.41) is 10.9. The van der Waals surface area contributed by atoms with Crippen molar-refractivity contribution in [1.82, 2.24) is 0 Å². The second-order valence-corrected chi connectivity index (χ2v) is 14.5. The SMILES string of the molecule is CC(C)C1CCC2C1(C)CCC1(C)C3CCC4C(C)(C)CCCC4(CO)C3=CCC21C. The lowest BCUT2D eigenvalue weighted by Crippen LogP contribution is -2.62. The first-order valence-electron chi connectivity index (χ1n) is 13.8. The lowest BCUT2D eigenvalue weighted by molar-refractivity contribution is -0.161. The first-order chi connectivity index (χ1) is 14.5. The molecule has 8 atom stereocenters. The van der Waals surface area contributed by atoms with E-state index < -0.39 is 0 Å². The highest BCUT2D eigenvalue weighted by Crippen LogP contribution is 2.76. The van der Waals surface area contributed by atoms with Crippen LogP contribution in [-0.2, 0) is 0 Å². The van der Waals surface area contributed by atoms with E-state index in [-0.39, 0.29) is 5.41 Å². The Bertz CT molecular complexity index is 762. The Morgan fingerprint density at radius 2 is 1.58 bits per heavy atom. The maximum atomic E-state index is 10.9. The molecule has 176 valence electrons. The van der Waals surface area contributed by atoms with Gasteiger partial charge in [-0.05, 0) is 109 Å². The molecule has 1 nitrogen and oxygen atoms in total. The monoisotopic (exact) mass is 426 g/mol. The fourth-order valence-electron chi connectivity index (χ4n) is 11.3. The molecule has 8 unspecified atom stereocenters. The number of allylic oxidation sites excluding steroid dienone is 1. The topological polar surface area (TPSA) is 20.2 Å². The van der Waals surface area contributed by atoms with Gasteiger partial charge >= 0.3 is 0 Å². The summed E-state index contributed by atoms with van der Waals surface area (Å²) in [4.78, 5) is 0. The Morgan fingerprint density at radius 1 is 0.871 bits per heavy atom. The van der Waals surface area contributed by atoms with Gasteiger partial charge in [-0.25, -0.2) is 0 Å². The van der Waals surface area contributed by atoms with Crippen LogP contribution in [0.1, 0.15) is 113 Å². The predicted octanol–water partition coefficient (Wildman–Crippen LogP) is 8.03. The van der Waals surface area contributed by atoms with Crippen molar-refractivity contribution in [2.24, 2.45) is 56.7 Å². The molecule has 1 heteroatoms. The fraction of sp³-hybridized carbons (Fsp3) is 0.933. The van der Waals surface area contributed by atoms with Crippen molar-refractivity contribution >= 4 is 0 Å². The Hall–Kier alpha value is -0.300. The lowest BCUT2D eigenvalue weighted by Gasteiger charge is -2.69. The summed E-state index contributed by atoms with van der Waals surface area (Å²) in [7, 11) is 0. The highest BCUT2D eigenvalue weighted by atomic mass is 16.3. The van der Waals surface area contributed by atoms with E-state index in [0.717, 1.165) is 17.8 Å². The molecular formula is C30H50O. The first-order valence-corrected chi connectivity index (χ1v) is 13.8. The van der Waals surface area contributed by atoms with Crippen LogP contribution in [0.4, 0.5) is 0 Å². The summed E-state index contributed by atoms with van der Waals surface area (Å²) in [6.45, 7) is 18.4. The van der Waals surface area contributed by atoms with E-state index in [1.165, 1.54) is 64.2 Å². The van der Waals surface area contributed by atoms with Crippen LogP contribution >= 0.6 is 0 Å². The zero-order valence-electron chi connectivity index (χ0n) is 21.7. The molecule has 0 amide bonds. The van der Waals surface area contributed by atoms with Crippen LogP contribution in [0.3, 0.4) is 0 Å². The number of rotatable bonds is 2. The molecule has 0 aromatic carbocycles. The van der Waals surface area contributed by atoms with Gasteiger partial charge in [0.05, 0.1) is 6.61 Å². The smallest absolute Gasteiger partial charge is 0.0527 e. The molecule has 0 saturated heterocycles. The second kappa shape index (κ2) is 6.86. The van der Waals surface area contributed by atoms with E-state index in [2.05, 4.69) is 54.5 Å². The van der Waals surface area contributed by atoms with Gasteiger partial charge in [0.15, 0.2) is 0 Å². The molecule has 5 aliphatic carbocycles. The standard InChI is InChI=1S/C30H50O/c1-20(2)21-9-12-25-27(21,5)17-18-28(6)22-10-11-24-26(3,4)14-8-15-30(24,19-31)23(22)13-16-29(25,28)7/h13,20-22,24-25,31H,8-12,14-19H2,1-7H3. The normalized spacial score (nSPS) is 53.3. The summed E-state index contributed by atoms with van der Waals surface area (Å²) in [6.07, 6.45) is 16.3. The maximum Gasteiger partial charge on any atom is 0.0527 e. The summed E-state index contributed by atoms with van der Waals surface area (Å²) in [5.74, 6) is 3.96. The molecule has 5 aliphatic rings. The number of hydrogen-bond acceptors (Lipinski definition) is 1. The van der Waals surface area contributed by atoms with Crippen LogP contribution in [0.5, 0.6) is 0 Å². The molecule has 4 fully saturated rings. The van der Waals surface area contributed by atoms with Gasteiger partial charge in [0, 0.05) is 5.41 Å². The molecule has 31 heavy (non-hydrogen) atoms. The van der Waals surface area contributed by atoms with Gasteiger partial charge in [-0.1, -0.05) is 66.5 Å². The maximum absolute atomic E-state index is 10.9. The molecule has 1 N–H and O–H groups in total. The van der Waals surface area contributed by atoms with Gasteiger partial charge in [-0.3, -0.25) is 0 Å². The summed E-state index contributed by atoms with van der Waals surface area (Å²) in [5.41, 5.74) is 3.53. The van der Waals surface area contributed by atoms with E-state index in [0.29, 0.717) is 40.1 Å². The molecule has 0 radical (unpaired) electrons. The summed E-state index contributed by atoms with van der Waals surface area (Å²) in [6, 6.07) is 0. The Morgan fingerprint density at radius 3 is 2.26 bits per heavy atom. The van der Waals surface area contributed by atoms with E-state index >= 15 is 0 Å². The number of aliphatic hydroxyl groups excluding tert-OH is 1. The van der Waals surface area contributed by atoms with Crippen LogP contribution in [0.25, 0.3) is 0 Å². The molecule has 0 aromatic rings. The highest BCUT2D eigenvalue weighted by molar-refractivity contribution is 5.33. The second-order valence-electron chi connectivity index (χ2n) is 14.5. The number of aliphatic hydroxyl groups is 1. The van der Waals surface area contributed by atoms with Crippen LogP contribution in [0.2, 0.25) is 0 Å². The Balaban J connectivity index is 1.58. The minimum atomic E-state index is 0.0753. The van der Waals surface area contributed by atoms with Crippen molar-refractivity contribution in [2.75, 3.05) is 6.61 Å². The van der Waals surface area contributed by atoms with Gasteiger partial charge in [0.25, 0.3) is 0 Å². The van der Waals surface area contributed by atoms with E-state index in [9.17, 15) is 5.11 Å². The quantitative estimate of drug-likeness (QED) is 0.443. The predicted molar refractivity (Wildman–Crippen MR) is 131 cm³/mol. The Labute approximate surface area is 192 Å². The number of hydrogen-bond donors (Lipinski definition) is 1. The first kappa shape index (κ1) is 22.5. The van der Waals surface area contributed by atoms with Gasteiger partial charge in [-0.2, -0.15) is 0 Å². The van der Waals surface area contributed by atoms with E-state index in [4.69, 9.17) is 0 Å². The van der Waals surface area contributed by atoms with Crippen LogP contribution in [-0.4, -0.2) is 11.7 Å². The van der Waals surface area contributed by atoms with Crippen LogP contribution < -0.4 is 0 Å². The van der Waals surface area contributed by atoms with Crippen molar-refractivity contribution in [2.45, 2.75) is 113 Å². The number of fused-ring (bicyclic) bond motifs is 7. The lowest BCUT2D eigenvalue weighted by atomic mass is 9.35. The summed E-state index contributed by atoms with van der Waals surface area (Å²) < 4.78 is 0. The van der Waals surface area contributed by atoms with Gasteiger partial charge in [0.2, 0.25) is 0 Å². The van der Waals surface area contributed by atoms with Crippen LogP contribution in [0, 0.1) is 56.7 Å². The van der Waals surface area contributed by atoms with Gasteiger partial charge in [0.1, 0.15) is 0 Å². The minimum absolute atomic E-state index is 0.0753. The molecule has 5 rings (SSSR count). The molecule has 0 aromatic heterocycles. The minimum Gasteiger partial charge on any atom is -0.395 e. The van der Waals surface area contributed by atoms with Crippen molar-refractivity contribution in [3.8, 4) is 0 Å². The average molecular weight is 427 g/mol. The van der Waals surface area contributed by atoms with E-state index in [1.807, 2.05) is 0 Å². The van der Waals surface area contributed by atoms with Crippen molar-refractivity contribution in [3.05, 3.63) is 11.6 Å². The Kier molecular flexibility index (Phi) is 4.98. The third kappa shape index (κ3) is 2.65. The van der Waals surface area contributed by atoms with E-state index in [1.54, 1.807) is 5.57 Å².